The predicted molar refractivity (Wildman–Crippen MR) is 67.2 cm³/mol. The Kier molecular flexibility index (Phi) is 5.80. The van der Waals surface area contributed by atoms with Crippen molar-refractivity contribution in [3.8, 4) is 0 Å². The van der Waals surface area contributed by atoms with Crippen LogP contribution in [-0.4, -0.2) is 59.1 Å². The minimum atomic E-state index is -0.00574. The molecule has 0 radical (unpaired) electrons. The molecule has 0 aliphatic carbocycles. The molecule has 0 unspecified atom stereocenters. The molecule has 0 aliphatic heterocycles. The second kappa shape index (κ2) is 7.13. The third-order valence-electron chi connectivity index (χ3n) is 2.62. The van der Waals surface area contributed by atoms with Crippen molar-refractivity contribution in [1.82, 2.24) is 14.7 Å². The Morgan fingerprint density at radius 1 is 1.50 bits per heavy atom. The number of aryl methyl sites for hydroxylation is 2. The number of aliphatic hydroxyl groups excluding tert-OH is 1. The third-order valence-corrected chi connectivity index (χ3v) is 2.62. The van der Waals surface area contributed by atoms with Crippen LogP contribution in [0.1, 0.15) is 11.4 Å². The molecular weight excluding hydrogens is 234 g/mol. The Morgan fingerprint density at radius 2 is 2.22 bits per heavy atom. The first-order valence-corrected chi connectivity index (χ1v) is 5.98. The molecule has 0 bridgehead atoms. The summed E-state index contributed by atoms with van der Waals surface area (Å²) in [4.78, 5) is 13.5. The minimum absolute atomic E-state index is 0.00339. The van der Waals surface area contributed by atoms with Crippen molar-refractivity contribution >= 4 is 5.91 Å². The van der Waals surface area contributed by atoms with E-state index in [1.807, 2.05) is 19.9 Å². The van der Waals surface area contributed by atoms with Gasteiger partial charge in [0.05, 0.1) is 25.5 Å². The van der Waals surface area contributed by atoms with Crippen molar-refractivity contribution < 1.29 is 14.6 Å². The molecule has 0 atom stereocenters. The van der Waals surface area contributed by atoms with Gasteiger partial charge in [0, 0.05) is 19.3 Å². The Labute approximate surface area is 107 Å². The molecule has 0 saturated carbocycles. The van der Waals surface area contributed by atoms with Gasteiger partial charge >= 0.3 is 0 Å². The fourth-order valence-corrected chi connectivity index (χ4v) is 1.58. The van der Waals surface area contributed by atoms with E-state index in [9.17, 15) is 4.79 Å². The molecule has 18 heavy (non-hydrogen) atoms. The molecule has 6 heteroatoms. The van der Waals surface area contributed by atoms with Crippen molar-refractivity contribution in [2.24, 2.45) is 0 Å². The largest absolute Gasteiger partial charge is 0.394 e. The molecule has 0 fully saturated rings. The van der Waals surface area contributed by atoms with Crippen LogP contribution < -0.4 is 0 Å². The lowest BCUT2D eigenvalue weighted by Gasteiger charge is -2.17. The minimum Gasteiger partial charge on any atom is -0.394 e. The Balaban J connectivity index is 2.38. The SMILES string of the molecule is Cc1cc(C)n(CC(=O)N(C)CCOCCO)n1. The first kappa shape index (κ1) is 14.7. The molecule has 0 aromatic carbocycles. The van der Waals surface area contributed by atoms with Crippen LogP contribution in [0.5, 0.6) is 0 Å². The number of ether oxygens (including phenoxy) is 1. The van der Waals surface area contributed by atoms with E-state index in [4.69, 9.17) is 9.84 Å². The van der Waals surface area contributed by atoms with E-state index in [-0.39, 0.29) is 19.1 Å². The summed E-state index contributed by atoms with van der Waals surface area (Å²) < 4.78 is 6.81. The van der Waals surface area contributed by atoms with Gasteiger partial charge in [0.25, 0.3) is 0 Å². The van der Waals surface area contributed by atoms with Crippen LogP contribution in [0.25, 0.3) is 0 Å². The second-order valence-corrected chi connectivity index (χ2v) is 4.24. The maximum Gasteiger partial charge on any atom is 0.244 e. The summed E-state index contributed by atoms with van der Waals surface area (Å²) in [6.07, 6.45) is 0. The fourth-order valence-electron chi connectivity index (χ4n) is 1.58. The Morgan fingerprint density at radius 3 is 2.78 bits per heavy atom. The Bertz CT molecular complexity index is 390. The zero-order valence-corrected chi connectivity index (χ0v) is 11.2. The van der Waals surface area contributed by atoms with Gasteiger partial charge in [-0.2, -0.15) is 5.10 Å². The maximum absolute atomic E-state index is 11.9. The summed E-state index contributed by atoms with van der Waals surface area (Å²) in [6, 6.07) is 1.94. The topological polar surface area (TPSA) is 67.6 Å². The van der Waals surface area contributed by atoms with Gasteiger partial charge in [0.15, 0.2) is 0 Å². The van der Waals surface area contributed by atoms with Crippen LogP contribution in [0, 0.1) is 13.8 Å². The average molecular weight is 255 g/mol. The maximum atomic E-state index is 11.9. The normalized spacial score (nSPS) is 10.7. The lowest BCUT2D eigenvalue weighted by molar-refractivity contribution is -0.131. The molecule has 102 valence electrons. The average Bonchev–Trinajstić information content (AvgIpc) is 2.63. The van der Waals surface area contributed by atoms with Gasteiger partial charge in [0.1, 0.15) is 6.54 Å². The van der Waals surface area contributed by atoms with Gasteiger partial charge in [-0.3, -0.25) is 9.48 Å². The summed E-state index contributed by atoms with van der Waals surface area (Å²) in [5.74, 6) is -0.00574. The standard InChI is InChI=1S/C12H21N3O3/c1-10-8-11(2)15(13-10)9-12(17)14(3)4-6-18-7-5-16/h8,16H,4-7,9H2,1-3H3. The fraction of sp³-hybridized carbons (Fsp3) is 0.667. The van der Waals surface area contributed by atoms with E-state index >= 15 is 0 Å². The highest BCUT2D eigenvalue weighted by atomic mass is 16.5. The van der Waals surface area contributed by atoms with E-state index in [1.54, 1.807) is 16.6 Å². The number of hydrogen-bond donors (Lipinski definition) is 1. The first-order valence-electron chi connectivity index (χ1n) is 5.98. The summed E-state index contributed by atoms with van der Waals surface area (Å²) in [5, 5.41) is 12.8. The smallest absolute Gasteiger partial charge is 0.244 e. The molecule has 1 N–H and O–H groups in total. The molecule has 0 aliphatic rings. The van der Waals surface area contributed by atoms with Gasteiger partial charge in [-0.15, -0.1) is 0 Å². The van der Waals surface area contributed by atoms with E-state index < -0.39 is 0 Å². The zero-order valence-electron chi connectivity index (χ0n) is 11.2. The van der Waals surface area contributed by atoms with Gasteiger partial charge in [-0.05, 0) is 19.9 Å². The summed E-state index contributed by atoms with van der Waals surface area (Å²) in [5.41, 5.74) is 1.89. The van der Waals surface area contributed by atoms with E-state index in [1.165, 1.54) is 0 Å². The zero-order chi connectivity index (χ0) is 13.5. The third kappa shape index (κ3) is 4.46. The van der Waals surface area contributed by atoms with Crippen molar-refractivity contribution in [3.63, 3.8) is 0 Å². The summed E-state index contributed by atoms with van der Waals surface area (Å²) in [6.45, 7) is 5.33. The van der Waals surface area contributed by atoms with Crippen LogP contribution >= 0.6 is 0 Å². The predicted octanol–water partition coefficient (Wildman–Crippen LogP) is -0.0328. The Hall–Kier alpha value is -1.40. The molecule has 6 nitrogen and oxygen atoms in total. The van der Waals surface area contributed by atoms with Gasteiger partial charge in [0.2, 0.25) is 5.91 Å². The first-order chi connectivity index (χ1) is 8.54. The molecular formula is C12H21N3O3. The van der Waals surface area contributed by atoms with E-state index in [2.05, 4.69) is 5.10 Å². The van der Waals surface area contributed by atoms with Crippen LogP contribution in [-0.2, 0) is 16.1 Å². The highest BCUT2D eigenvalue weighted by molar-refractivity contribution is 5.75. The van der Waals surface area contributed by atoms with Crippen LogP contribution in [0.4, 0.5) is 0 Å². The van der Waals surface area contributed by atoms with Crippen molar-refractivity contribution in [1.29, 1.82) is 0 Å². The molecule has 0 saturated heterocycles. The van der Waals surface area contributed by atoms with E-state index in [0.717, 1.165) is 11.4 Å². The number of likely N-dealkylation sites (N-methyl/N-ethyl adjacent to an activating group) is 1. The number of nitrogens with zero attached hydrogens (tertiary/aromatic N) is 3. The molecule has 1 rings (SSSR count). The number of hydrogen-bond acceptors (Lipinski definition) is 4. The number of aromatic nitrogens is 2. The van der Waals surface area contributed by atoms with Gasteiger partial charge in [-0.25, -0.2) is 0 Å². The number of rotatable bonds is 7. The molecule has 1 amide bonds. The number of carbonyl (C=O) groups is 1. The molecule has 0 spiro atoms. The summed E-state index contributed by atoms with van der Waals surface area (Å²) >= 11 is 0. The van der Waals surface area contributed by atoms with Crippen LogP contribution in [0.2, 0.25) is 0 Å². The molecule has 1 aromatic heterocycles. The highest BCUT2D eigenvalue weighted by Gasteiger charge is 2.11. The molecule has 1 heterocycles. The van der Waals surface area contributed by atoms with Crippen molar-refractivity contribution in [2.45, 2.75) is 20.4 Å². The quantitative estimate of drug-likeness (QED) is 0.695. The summed E-state index contributed by atoms with van der Waals surface area (Å²) in [7, 11) is 1.73. The monoisotopic (exact) mass is 255 g/mol. The number of aliphatic hydroxyl groups is 1. The van der Waals surface area contributed by atoms with Gasteiger partial charge < -0.3 is 14.7 Å². The van der Waals surface area contributed by atoms with Crippen molar-refractivity contribution in [2.75, 3.05) is 33.4 Å². The molecule has 1 aromatic rings. The second-order valence-electron chi connectivity index (χ2n) is 4.24. The van der Waals surface area contributed by atoms with E-state index in [0.29, 0.717) is 19.8 Å². The lowest BCUT2D eigenvalue weighted by Crippen LogP contribution is -2.33. The number of carbonyl (C=O) groups excluding carboxylic acids is 1. The number of amides is 1. The lowest BCUT2D eigenvalue weighted by atomic mass is 10.4. The highest BCUT2D eigenvalue weighted by Crippen LogP contribution is 2.02. The van der Waals surface area contributed by atoms with Crippen LogP contribution in [0.15, 0.2) is 6.07 Å². The van der Waals surface area contributed by atoms with Crippen LogP contribution in [0.3, 0.4) is 0 Å². The van der Waals surface area contributed by atoms with Gasteiger partial charge in [-0.1, -0.05) is 0 Å². The van der Waals surface area contributed by atoms with Crippen molar-refractivity contribution in [3.05, 3.63) is 17.5 Å².